The van der Waals surface area contributed by atoms with Crippen LogP contribution in [0.15, 0.2) is 18.2 Å². The van der Waals surface area contributed by atoms with Crippen molar-refractivity contribution in [3.8, 4) is 11.5 Å². The molecule has 0 radical (unpaired) electrons. The molecule has 1 rings (SSSR count). The normalized spacial score (nSPS) is 10.4. The minimum Gasteiger partial charge on any atom is -0.493 e. The second-order valence-electron chi connectivity index (χ2n) is 3.58. The largest absolute Gasteiger partial charge is 0.493 e. The fourth-order valence-electron chi connectivity index (χ4n) is 1.43. The fourth-order valence-corrected chi connectivity index (χ4v) is 1.43. The third kappa shape index (κ3) is 4.91. The molecule has 5 nitrogen and oxygen atoms in total. The molecule has 5 heteroatoms. The van der Waals surface area contributed by atoms with Gasteiger partial charge in [-0.25, -0.2) is 0 Å². The summed E-state index contributed by atoms with van der Waals surface area (Å²) in [4.78, 5) is 5.18. The number of ether oxygens (including phenoxy) is 3. The number of rotatable bonds is 9. The summed E-state index contributed by atoms with van der Waals surface area (Å²) in [5.74, 6) is 1.48. The molecule has 0 heterocycles. The van der Waals surface area contributed by atoms with E-state index in [1.165, 1.54) is 0 Å². The summed E-state index contributed by atoms with van der Waals surface area (Å²) in [6, 6.07) is 5.80. The number of hydroxylamine groups is 1. The molecule has 0 aliphatic heterocycles. The van der Waals surface area contributed by atoms with Gasteiger partial charge in [0.05, 0.1) is 26.9 Å². The lowest BCUT2D eigenvalue weighted by molar-refractivity contribution is 0.00344. The van der Waals surface area contributed by atoms with Gasteiger partial charge in [0.1, 0.15) is 0 Å². The van der Waals surface area contributed by atoms with E-state index in [0.29, 0.717) is 26.4 Å². The van der Waals surface area contributed by atoms with Gasteiger partial charge < -0.3 is 14.2 Å². The minimum absolute atomic E-state index is 0.519. The Kier molecular flexibility index (Phi) is 7.17. The van der Waals surface area contributed by atoms with Crippen LogP contribution in [0.4, 0.5) is 0 Å². The lowest BCUT2D eigenvalue weighted by Gasteiger charge is -2.11. The highest BCUT2D eigenvalue weighted by molar-refractivity contribution is 5.42. The van der Waals surface area contributed by atoms with E-state index in [4.69, 9.17) is 19.0 Å². The summed E-state index contributed by atoms with van der Waals surface area (Å²) >= 11 is 0. The quantitative estimate of drug-likeness (QED) is 0.538. The molecule has 1 N–H and O–H groups in total. The molecule has 0 saturated carbocycles. The van der Waals surface area contributed by atoms with Gasteiger partial charge in [0.2, 0.25) is 0 Å². The van der Waals surface area contributed by atoms with Gasteiger partial charge in [-0.2, -0.15) is 5.48 Å². The van der Waals surface area contributed by atoms with Crippen molar-refractivity contribution < 1.29 is 19.0 Å². The maximum absolute atomic E-state index is 5.45. The van der Waals surface area contributed by atoms with Crippen LogP contribution in [0.1, 0.15) is 12.5 Å². The molecular formula is C13H21NO4. The maximum atomic E-state index is 5.45. The molecule has 0 bridgehead atoms. The van der Waals surface area contributed by atoms with E-state index in [-0.39, 0.29) is 0 Å². The second-order valence-corrected chi connectivity index (χ2v) is 3.58. The molecule has 102 valence electrons. The highest BCUT2D eigenvalue weighted by atomic mass is 16.7. The topological polar surface area (TPSA) is 49.0 Å². The van der Waals surface area contributed by atoms with Crippen molar-refractivity contribution in [1.29, 1.82) is 0 Å². The molecule has 18 heavy (non-hydrogen) atoms. The number of nitrogens with one attached hydrogen (secondary N) is 1. The molecule has 1 aromatic rings. The van der Waals surface area contributed by atoms with E-state index < -0.39 is 0 Å². The number of benzene rings is 1. The van der Waals surface area contributed by atoms with Gasteiger partial charge in [0.15, 0.2) is 11.5 Å². The molecule has 0 amide bonds. The van der Waals surface area contributed by atoms with Crippen LogP contribution < -0.4 is 15.0 Å². The fraction of sp³-hybridized carbons (Fsp3) is 0.538. The first kappa shape index (κ1) is 14.8. The summed E-state index contributed by atoms with van der Waals surface area (Å²) in [7, 11) is 3.27. The van der Waals surface area contributed by atoms with E-state index >= 15 is 0 Å². The van der Waals surface area contributed by atoms with Gasteiger partial charge >= 0.3 is 0 Å². The Morgan fingerprint density at radius 2 is 1.94 bits per heavy atom. The van der Waals surface area contributed by atoms with Crippen LogP contribution in [0.5, 0.6) is 11.5 Å². The number of methoxy groups -OCH3 is 2. The van der Waals surface area contributed by atoms with E-state index in [2.05, 4.69) is 5.48 Å². The minimum atomic E-state index is 0.519. The van der Waals surface area contributed by atoms with Gasteiger partial charge in [0, 0.05) is 13.7 Å². The molecule has 0 fully saturated rings. The van der Waals surface area contributed by atoms with Crippen molar-refractivity contribution in [3.05, 3.63) is 23.8 Å². The standard InChI is InChI=1S/C13H21NO4/c1-4-17-12-6-5-11(9-13(12)16-3)10-14-18-8-7-15-2/h5-6,9,14H,4,7-8,10H2,1-3H3. The van der Waals surface area contributed by atoms with Gasteiger partial charge in [-0.1, -0.05) is 6.07 Å². The van der Waals surface area contributed by atoms with Crippen molar-refractivity contribution in [2.75, 3.05) is 34.0 Å². The summed E-state index contributed by atoms with van der Waals surface area (Å²) in [6.07, 6.45) is 0. The van der Waals surface area contributed by atoms with Gasteiger partial charge in [-0.3, -0.25) is 4.84 Å². The van der Waals surface area contributed by atoms with Crippen LogP contribution in [0.2, 0.25) is 0 Å². The third-order valence-corrected chi connectivity index (χ3v) is 2.30. The van der Waals surface area contributed by atoms with Crippen LogP contribution in [0.25, 0.3) is 0 Å². The predicted octanol–water partition coefficient (Wildman–Crippen LogP) is 1.76. The van der Waals surface area contributed by atoms with Crippen LogP contribution >= 0.6 is 0 Å². The number of hydrogen-bond acceptors (Lipinski definition) is 5. The zero-order valence-electron chi connectivity index (χ0n) is 11.2. The number of hydrogen-bond donors (Lipinski definition) is 1. The summed E-state index contributed by atoms with van der Waals surface area (Å²) in [5, 5.41) is 0. The molecule has 0 atom stereocenters. The Hall–Kier alpha value is -1.30. The first-order valence-electron chi connectivity index (χ1n) is 5.95. The van der Waals surface area contributed by atoms with Crippen molar-refractivity contribution in [2.45, 2.75) is 13.5 Å². The molecule has 0 saturated heterocycles. The van der Waals surface area contributed by atoms with Crippen molar-refractivity contribution in [3.63, 3.8) is 0 Å². The highest BCUT2D eigenvalue weighted by Crippen LogP contribution is 2.27. The van der Waals surface area contributed by atoms with E-state index in [1.807, 2.05) is 25.1 Å². The van der Waals surface area contributed by atoms with Gasteiger partial charge in [-0.05, 0) is 24.6 Å². The SMILES string of the molecule is CCOc1ccc(CNOCCOC)cc1OC. The maximum Gasteiger partial charge on any atom is 0.161 e. The summed E-state index contributed by atoms with van der Waals surface area (Å²) in [5.41, 5.74) is 3.93. The van der Waals surface area contributed by atoms with Crippen LogP contribution in [0, 0.1) is 0 Å². The third-order valence-electron chi connectivity index (χ3n) is 2.30. The van der Waals surface area contributed by atoms with Crippen LogP contribution in [-0.2, 0) is 16.1 Å². The average Bonchev–Trinajstić information content (AvgIpc) is 2.40. The molecule has 1 aromatic carbocycles. The first-order valence-corrected chi connectivity index (χ1v) is 5.95. The lowest BCUT2D eigenvalue weighted by Crippen LogP contribution is -2.17. The summed E-state index contributed by atoms with van der Waals surface area (Å²) < 4.78 is 15.6. The van der Waals surface area contributed by atoms with E-state index in [1.54, 1.807) is 14.2 Å². The van der Waals surface area contributed by atoms with Crippen molar-refractivity contribution in [2.24, 2.45) is 0 Å². The molecule has 0 unspecified atom stereocenters. The van der Waals surface area contributed by atoms with E-state index in [0.717, 1.165) is 17.1 Å². The molecule has 0 aliphatic carbocycles. The Labute approximate surface area is 108 Å². The Morgan fingerprint density at radius 1 is 1.11 bits per heavy atom. The zero-order valence-corrected chi connectivity index (χ0v) is 11.2. The summed E-state index contributed by atoms with van der Waals surface area (Å²) in [6.45, 7) is 4.25. The molecule has 0 aromatic heterocycles. The van der Waals surface area contributed by atoms with Crippen LogP contribution in [0.3, 0.4) is 0 Å². The van der Waals surface area contributed by atoms with E-state index in [9.17, 15) is 0 Å². The van der Waals surface area contributed by atoms with Gasteiger partial charge in [-0.15, -0.1) is 0 Å². The van der Waals surface area contributed by atoms with Crippen molar-refractivity contribution >= 4 is 0 Å². The first-order chi connectivity index (χ1) is 8.81. The highest BCUT2D eigenvalue weighted by Gasteiger charge is 2.04. The predicted molar refractivity (Wildman–Crippen MR) is 68.8 cm³/mol. The molecule has 0 spiro atoms. The Bertz CT molecular complexity index is 344. The molecular weight excluding hydrogens is 234 g/mol. The van der Waals surface area contributed by atoms with Crippen LogP contribution in [-0.4, -0.2) is 34.0 Å². The Balaban J connectivity index is 2.46. The lowest BCUT2D eigenvalue weighted by atomic mass is 10.2. The van der Waals surface area contributed by atoms with Crippen molar-refractivity contribution in [1.82, 2.24) is 5.48 Å². The average molecular weight is 255 g/mol. The zero-order chi connectivity index (χ0) is 13.2. The molecule has 0 aliphatic rings. The Morgan fingerprint density at radius 3 is 2.61 bits per heavy atom. The smallest absolute Gasteiger partial charge is 0.161 e. The monoisotopic (exact) mass is 255 g/mol. The van der Waals surface area contributed by atoms with Gasteiger partial charge in [0.25, 0.3) is 0 Å². The second kappa shape index (κ2) is 8.74.